The molecule has 1 fully saturated rings. The Kier molecular flexibility index (Phi) is 18.3. The Bertz CT molecular complexity index is 427. The number of hydrogen-bond acceptors (Lipinski definition) is 5. The second-order valence-electron chi connectivity index (χ2n) is 6.12. The number of ketones is 3. The zero-order valence-corrected chi connectivity index (χ0v) is 18.4. The van der Waals surface area contributed by atoms with Gasteiger partial charge in [0.1, 0.15) is 17.3 Å². The van der Waals surface area contributed by atoms with Crippen LogP contribution in [0.5, 0.6) is 0 Å². The predicted molar refractivity (Wildman–Crippen MR) is 86.1 cm³/mol. The summed E-state index contributed by atoms with van der Waals surface area (Å²) in [6.07, 6.45) is 1.88. The molecule has 1 aliphatic heterocycles. The van der Waals surface area contributed by atoms with Gasteiger partial charge < -0.3 is 40.2 Å². The Labute approximate surface area is 178 Å². The summed E-state index contributed by atoms with van der Waals surface area (Å²) in [5.74, 6) is 0.216. The fourth-order valence-corrected chi connectivity index (χ4v) is 2.84. The average Bonchev–Trinajstić information content (AvgIpc) is 2.41. The van der Waals surface area contributed by atoms with E-state index in [-0.39, 0.29) is 82.0 Å². The minimum Gasteiger partial charge on any atom is -1.00 e. The van der Waals surface area contributed by atoms with E-state index in [4.69, 9.17) is 0 Å². The summed E-state index contributed by atoms with van der Waals surface area (Å²) >= 11 is 0. The minimum absolute atomic E-state index is 0. The topological polar surface area (TPSA) is 80.6 Å². The van der Waals surface area contributed by atoms with E-state index in [0.29, 0.717) is 38.9 Å². The third kappa shape index (κ3) is 10.8. The van der Waals surface area contributed by atoms with E-state index < -0.39 is 0 Å². The first-order valence-corrected chi connectivity index (χ1v) is 7.94. The maximum absolute atomic E-state index is 11.8. The molecule has 3 unspecified atom stereocenters. The number of likely N-dealkylation sites (N-methyl/N-ethyl adjacent to an activating group) is 1. The Morgan fingerprint density at radius 2 is 1.56 bits per heavy atom. The molecule has 143 valence electrons. The molecule has 1 rings (SSSR count). The standard InChI is InChI=1S/C16H28N3O3.2ClH.Ti/c1-11(20)14-5-8-17-15(12(2)21)7-10-19(4)16(13(3)22)6-9-18-14;;;/h14-17H,5-10H2,1-4H3;2*1H;/q-1;;;+3/p-2. The molecule has 9 heteroatoms. The predicted octanol–water partition coefficient (Wildman–Crippen LogP) is -5.06. The molecular formula is C16H28Cl2N3O3Ti. The molecule has 6 nitrogen and oxygen atoms in total. The van der Waals surface area contributed by atoms with Gasteiger partial charge in [0, 0.05) is 6.54 Å². The van der Waals surface area contributed by atoms with Crippen molar-refractivity contribution in [1.82, 2.24) is 10.2 Å². The SMILES string of the molecule is CC(=O)C1CCNC(C(C)=O)CCN(C)C(C(C)=O)CC[N-]1.[Cl-].[Cl-].[Ti+3]. The van der Waals surface area contributed by atoms with E-state index in [2.05, 4.69) is 10.6 Å². The van der Waals surface area contributed by atoms with Gasteiger partial charge in [0.2, 0.25) is 0 Å². The average molecular weight is 429 g/mol. The van der Waals surface area contributed by atoms with Crippen molar-refractivity contribution in [2.75, 3.05) is 26.7 Å². The van der Waals surface area contributed by atoms with E-state index in [9.17, 15) is 14.4 Å². The summed E-state index contributed by atoms with van der Waals surface area (Å²) in [6, 6.07) is -0.789. The fourth-order valence-electron chi connectivity index (χ4n) is 2.84. The summed E-state index contributed by atoms with van der Waals surface area (Å²) in [4.78, 5) is 37.2. The van der Waals surface area contributed by atoms with E-state index in [1.54, 1.807) is 13.8 Å². The maximum atomic E-state index is 11.8. The third-order valence-electron chi connectivity index (χ3n) is 4.29. The van der Waals surface area contributed by atoms with Crippen LogP contribution in [0.4, 0.5) is 0 Å². The molecule has 0 aromatic heterocycles. The molecule has 0 bridgehead atoms. The van der Waals surface area contributed by atoms with Crippen LogP contribution in [0.3, 0.4) is 0 Å². The van der Waals surface area contributed by atoms with Gasteiger partial charge in [0.25, 0.3) is 0 Å². The molecule has 1 radical (unpaired) electrons. The van der Waals surface area contributed by atoms with E-state index in [0.717, 1.165) is 0 Å². The van der Waals surface area contributed by atoms with Crippen LogP contribution >= 0.6 is 0 Å². The van der Waals surface area contributed by atoms with Crippen LogP contribution in [0.15, 0.2) is 0 Å². The molecule has 3 atom stereocenters. The number of halogens is 2. The number of carbonyl (C=O) groups excluding carboxylic acids is 3. The normalized spacial score (nSPS) is 25.7. The van der Waals surface area contributed by atoms with Gasteiger partial charge in [-0.3, -0.25) is 14.5 Å². The van der Waals surface area contributed by atoms with Crippen LogP contribution in [-0.2, 0) is 36.1 Å². The maximum Gasteiger partial charge on any atom is 3.00 e. The Morgan fingerprint density at radius 1 is 0.960 bits per heavy atom. The molecular weight excluding hydrogens is 401 g/mol. The minimum atomic E-state index is -0.350. The van der Waals surface area contributed by atoms with Crippen LogP contribution in [0.1, 0.15) is 40.0 Å². The molecule has 0 saturated carbocycles. The molecule has 25 heavy (non-hydrogen) atoms. The largest absolute Gasteiger partial charge is 3.00 e. The van der Waals surface area contributed by atoms with Gasteiger partial charge in [-0.1, -0.05) is 12.5 Å². The van der Waals surface area contributed by atoms with Gasteiger partial charge in [-0.05, 0) is 47.2 Å². The van der Waals surface area contributed by atoms with Crippen molar-refractivity contribution in [2.24, 2.45) is 0 Å². The smallest absolute Gasteiger partial charge is 1.00 e. The van der Waals surface area contributed by atoms with Crippen LogP contribution in [-0.4, -0.2) is 67.1 Å². The molecule has 0 aromatic carbocycles. The number of Topliss-reactive ketones (excluding diaryl/α,β-unsaturated/α-hetero) is 3. The van der Waals surface area contributed by atoms with Gasteiger partial charge in [-0.2, -0.15) is 0 Å². The van der Waals surface area contributed by atoms with Crippen molar-refractivity contribution in [1.29, 1.82) is 0 Å². The van der Waals surface area contributed by atoms with Gasteiger partial charge >= 0.3 is 21.7 Å². The zero-order chi connectivity index (χ0) is 16.7. The number of hydrogen-bond donors (Lipinski definition) is 1. The molecule has 0 aromatic rings. The van der Waals surface area contributed by atoms with Crippen LogP contribution < -0.4 is 30.1 Å². The van der Waals surface area contributed by atoms with E-state index in [1.807, 2.05) is 11.9 Å². The number of rotatable bonds is 3. The van der Waals surface area contributed by atoms with Crippen molar-refractivity contribution in [2.45, 2.75) is 58.2 Å². The summed E-state index contributed by atoms with van der Waals surface area (Å²) < 4.78 is 0. The Balaban J connectivity index is -0.00000161. The van der Waals surface area contributed by atoms with Crippen molar-refractivity contribution in [3.05, 3.63) is 5.32 Å². The molecule has 1 N–H and O–H groups in total. The number of carbonyl (C=O) groups is 3. The molecule has 0 amide bonds. The molecule has 1 heterocycles. The second kappa shape index (κ2) is 15.3. The van der Waals surface area contributed by atoms with Gasteiger partial charge in [0.05, 0.1) is 12.1 Å². The molecule has 0 aliphatic carbocycles. The van der Waals surface area contributed by atoms with Crippen LogP contribution in [0.2, 0.25) is 0 Å². The van der Waals surface area contributed by atoms with Crippen LogP contribution in [0.25, 0.3) is 5.32 Å². The van der Waals surface area contributed by atoms with Crippen molar-refractivity contribution < 1.29 is 60.9 Å². The number of nitrogens with zero attached hydrogens (tertiary/aromatic N) is 2. The third-order valence-corrected chi connectivity index (χ3v) is 4.29. The first-order valence-electron chi connectivity index (χ1n) is 7.94. The summed E-state index contributed by atoms with van der Waals surface area (Å²) in [7, 11) is 1.90. The zero-order valence-electron chi connectivity index (χ0n) is 15.3. The number of nitrogens with one attached hydrogen (secondary N) is 1. The quantitative estimate of drug-likeness (QED) is 0.455. The fraction of sp³-hybridized carbons (Fsp3) is 0.812. The summed E-state index contributed by atoms with van der Waals surface area (Å²) in [5.41, 5.74) is 0. The van der Waals surface area contributed by atoms with E-state index >= 15 is 0 Å². The summed E-state index contributed by atoms with van der Waals surface area (Å²) in [6.45, 7) is 6.47. The first-order chi connectivity index (χ1) is 10.3. The Morgan fingerprint density at radius 3 is 2.04 bits per heavy atom. The van der Waals surface area contributed by atoms with Gasteiger partial charge in [-0.25, -0.2) is 0 Å². The summed E-state index contributed by atoms with van der Waals surface area (Å²) in [5, 5.41) is 7.65. The van der Waals surface area contributed by atoms with Crippen molar-refractivity contribution >= 4 is 17.3 Å². The van der Waals surface area contributed by atoms with Crippen molar-refractivity contribution in [3.8, 4) is 0 Å². The first kappa shape index (κ1) is 29.9. The second-order valence-corrected chi connectivity index (χ2v) is 6.12. The van der Waals surface area contributed by atoms with Crippen molar-refractivity contribution in [3.63, 3.8) is 0 Å². The van der Waals surface area contributed by atoms with Gasteiger partial charge in [-0.15, -0.1) is 6.54 Å². The Hall–Kier alpha value is 0.184. The van der Waals surface area contributed by atoms with Crippen LogP contribution in [0, 0.1) is 0 Å². The molecule has 1 aliphatic rings. The molecule has 1 saturated heterocycles. The monoisotopic (exact) mass is 428 g/mol. The molecule has 0 spiro atoms. The van der Waals surface area contributed by atoms with Gasteiger partial charge in [0.15, 0.2) is 0 Å². The van der Waals surface area contributed by atoms with E-state index in [1.165, 1.54) is 6.92 Å².